The van der Waals surface area contributed by atoms with Crippen LogP contribution in [0.4, 0.5) is 4.39 Å². The van der Waals surface area contributed by atoms with E-state index < -0.39 is 17.8 Å². The Morgan fingerprint density at radius 2 is 1.14 bits per heavy atom. The Kier molecular flexibility index (Phi) is 6.97. The largest absolute Gasteiger partial charge is 0.456 e. The monoisotopic (exact) mass is 482 g/mol. The van der Waals surface area contributed by atoms with E-state index in [2.05, 4.69) is 13.2 Å². The number of halogens is 1. The van der Waals surface area contributed by atoms with E-state index in [4.69, 9.17) is 13.9 Å². The number of esters is 2. The molecule has 1 heterocycles. The molecule has 0 aliphatic rings. The van der Waals surface area contributed by atoms with Crippen LogP contribution < -0.4 is 9.47 Å². The molecular formula is C30H23FO5. The number of carbonyl (C=O) groups is 2. The Morgan fingerprint density at radius 1 is 0.667 bits per heavy atom. The highest BCUT2D eigenvalue weighted by molar-refractivity contribution is 5.89. The zero-order chi connectivity index (χ0) is 25.8. The number of furan rings is 1. The highest BCUT2D eigenvalue weighted by Crippen LogP contribution is 2.33. The molecule has 0 spiro atoms. The number of hydrogen-bond acceptors (Lipinski definition) is 5. The van der Waals surface area contributed by atoms with Crippen molar-refractivity contribution in [1.29, 1.82) is 0 Å². The normalized spacial score (nSPS) is 10.5. The van der Waals surface area contributed by atoms with E-state index in [1.165, 1.54) is 6.07 Å². The van der Waals surface area contributed by atoms with Crippen molar-refractivity contribution < 1.29 is 27.9 Å². The summed E-state index contributed by atoms with van der Waals surface area (Å²) in [5, 5.41) is 0. The zero-order valence-electron chi connectivity index (χ0n) is 19.8. The number of benzene rings is 3. The smallest absolute Gasteiger partial charge is 0.338 e. The zero-order valence-corrected chi connectivity index (χ0v) is 19.8. The van der Waals surface area contributed by atoms with Crippen molar-refractivity contribution in [3.8, 4) is 45.3 Å². The molecule has 0 bridgehead atoms. The van der Waals surface area contributed by atoms with Gasteiger partial charge in [0.05, 0.1) is 5.56 Å². The minimum absolute atomic E-state index is 0.305. The SMILES string of the molecule is C=C(C)C(=O)Oc1ccc(-c2ccc(-c3ccc(-c4ccc(OC(=O)C(=C)C)cc4)o3)c(F)c2)cc1. The van der Waals surface area contributed by atoms with E-state index in [-0.39, 0.29) is 0 Å². The van der Waals surface area contributed by atoms with Gasteiger partial charge in [0.2, 0.25) is 0 Å². The van der Waals surface area contributed by atoms with Gasteiger partial charge in [0.1, 0.15) is 28.8 Å². The first-order valence-electron chi connectivity index (χ1n) is 11.1. The summed E-state index contributed by atoms with van der Waals surface area (Å²) in [7, 11) is 0. The first kappa shape index (κ1) is 24.4. The fraction of sp³-hybridized carbons (Fsp3) is 0.0667. The van der Waals surface area contributed by atoms with Gasteiger partial charge in [-0.25, -0.2) is 14.0 Å². The van der Waals surface area contributed by atoms with Gasteiger partial charge < -0.3 is 13.9 Å². The summed E-state index contributed by atoms with van der Waals surface area (Å²) in [6.45, 7) is 10.3. The molecule has 0 fully saturated rings. The van der Waals surface area contributed by atoms with Crippen LogP contribution in [0.3, 0.4) is 0 Å². The predicted octanol–water partition coefficient (Wildman–Crippen LogP) is 7.38. The molecule has 0 radical (unpaired) electrons. The lowest BCUT2D eigenvalue weighted by Crippen LogP contribution is -2.07. The van der Waals surface area contributed by atoms with Crippen molar-refractivity contribution in [2.75, 3.05) is 0 Å². The molecule has 5 nitrogen and oxygen atoms in total. The van der Waals surface area contributed by atoms with E-state index in [9.17, 15) is 9.59 Å². The number of ether oxygens (including phenoxy) is 2. The third-order valence-corrected chi connectivity index (χ3v) is 5.29. The molecule has 1 aromatic heterocycles. The van der Waals surface area contributed by atoms with Crippen LogP contribution in [0.2, 0.25) is 0 Å². The van der Waals surface area contributed by atoms with Crippen LogP contribution in [-0.2, 0) is 9.59 Å². The second-order valence-electron chi connectivity index (χ2n) is 8.25. The lowest BCUT2D eigenvalue weighted by Gasteiger charge is -2.07. The van der Waals surface area contributed by atoms with E-state index in [0.29, 0.717) is 45.3 Å². The van der Waals surface area contributed by atoms with Gasteiger partial charge in [0.25, 0.3) is 0 Å². The Hall–Kier alpha value is -4.71. The fourth-order valence-electron chi connectivity index (χ4n) is 3.32. The van der Waals surface area contributed by atoms with Crippen molar-refractivity contribution >= 4 is 11.9 Å². The second kappa shape index (κ2) is 10.3. The third-order valence-electron chi connectivity index (χ3n) is 5.29. The molecule has 0 saturated heterocycles. The number of hydrogen-bond donors (Lipinski definition) is 0. The molecule has 0 N–H and O–H groups in total. The summed E-state index contributed by atoms with van der Waals surface area (Å²) in [5.74, 6) is 0.270. The lowest BCUT2D eigenvalue weighted by atomic mass is 10.0. The van der Waals surface area contributed by atoms with Crippen molar-refractivity contribution in [3.63, 3.8) is 0 Å². The van der Waals surface area contributed by atoms with Gasteiger partial charge in [-0.2, -0.15) is 0 Å². The first-order chi connectivity index (χ1) is 17.2. The van der Waals surface area contributed by atoms with Gasteiger partial charge in [0, 0.05) is 16.7 Å². The lowest BCUT2D eigenvalue weighted by molar-refractivity contribution is -0.130. The molecule has 180 valence electrons. The van der Waals surface area contributed by atoms with Crippen molar-refractivity contribution in [2.24, 2.45) is 0 Å². The van der Waals surface area contributed by atoms with Crippen LogP contribution in [0.5, 0.6) is 11.5 Å². The van der Waals surface area contributed by atoms with Gasteiger partial charge in [0.15, 0.2) is 0 Å². The van der Waals surface area contributed by atoms with E-state index in [1.807, 2.05) is 0 Å². The molecule has 0 aliphatic heterocycles. The Balaban J connectivity index is 1.49. The molecule has 0 unspecified atom stereocenters. The van der Waals surface area contributed by atoms with Gasteiger partial charge in [-0.3, -0.25) is 0 Å². The van der Waals surface area contributed by atoms with Crippen LogP contribution in [0.1, 0.15) is 13.8 Å². The number of rotatable bonds is 7. The molecule has 36 heavy (non-hydrogen) atoms. The maximum atomic E-state index is 15.0. The molecule has 4 aromatic rings. The molecule has 6 heteroatoms. The van der Waals surface area contributed by atoms with E-state index in [0.717, 1.165) is 11.1 Å². The highest BCUT2D eigenvalue weighted by Gasteiger charge is 2.13. The molecular weight excluding hydrogens is 459 g/mol. The summed E-state index contributed by atoms with van der Waals surface area (Å²) < 4.78 is 31.3. The van der Waals surface area contributed by atoms with Crippen molar-refractivity contribution in [1.82, 2.24) is 0 Å². The summed E-state index contributed by atoms with van der Waals surface area (Å²) >= 11 is 0. The van der Waals surface area contributed by atoms with E-state index in [1.54, 1.807) is 86.6 Å². The van der Waals surface area contributed by atoms with Crippen molar-refractivity contribution in [3.05, 3.63) is 109 Å². The highest BCUT2D eigenvalue weighted by atomic mass is 19.1. The minimum Gasteiger partial charge on any atom is -0.456 e. The molecule has 0 aliphatic carbocycles. The molecule has 0 amide bonds. The van der Waals surface area contributed by atoms with Crippen LogP contribution in [-0.4, -0.2) is 11.9 Å². The van der Waals surface area contributed by atoms with E-state index >= 15 is 4.39 Å². The molecule has 3 aromatic carbocycles. The Morgan fingerprint density at radius 3 is 1.64 bits per heavy atom. The second-order valence-corrected chi connectivity index (χ2v) is 8.25. The maximum Gasteiger partial charge on any atom is 0.338 e. The maximum absolute atomic E-state index is 15.0. The fourth-order valence-corrected chi connectivity index (χ4v) is 3.32. The quantitative estimate of drug-likeness (QED) is 0.156. The Bertz CT molecular complexity index is 1460. The van der Waals surface area contributed by atoms with Gasteiger partial charge in [-0.1, -0.05) is 31.4 Å². The van der Waals surface area contributed by atoms with Crippen LogP contribution in [0.15, 0.2) is 108 Å². The van der Waals surface area contributed by atoms with Crippen LogP contribution in [0.25, 0.3) is 33.8 Å². The average Bonchev–Trinajstić information content (AvgIpc) is 3.34. The first-order valence-corrected chi connectivity index (χ1v) is 11.1. The molecule has 0 atom stereocenters. The Labute approximate surface area is 208 Å². The van der Waals surface area contributed by atoms with Gasteiger partial charge >= 0.3 is 11.9 Å². The third kappa shape index (κ3) is 5.50. The van der Waals surface area contributed by atoms with Gasteiger partial charge in [-0.15, -0.1) is 0 Å². The summed E-state index contributed by atoms with van der Waals surface area (Å²) in [6.07, 6.45) is 0. The van der Waals surface area contributed by atoms with Crippen LogP contribution >= 0.6 is 0 Å². The van der Waals surface area contributed by atoms with Crippen molar-refractivity contribution in [2.45, 2.75) is 13.8 Å². The van der Waals surface area contributed by atoms with Crippen LogP contribution in [0, 0.1) is 5.82 Å². The topological polar surface area (TPSA) is 65.7 Å². The molecule has 4 rings (SSSR count). The number of carbonyl (C=O) groups excluding carboxylic acids is 2. The molecule has 0 saturated carbocycles. The minimum atomic E-state index is -0.502. The summed E-state index contributed by atoms with van der Waals surface area (Å²) in [4.78, 5) is 23.3. The predicted molar refractivity (Wildman–Crippen MR) is 136 cm³/mol. The summed E-state index contributed by atoms with van der Waals surface area (Å²) in [5.41, 5.74) is 3.12. The van der Waals surface area contributed by atoms with Gasteiger partial charge in [-0.05, 0) is 85.6 Å². The average molecular weight is 483 g/mol. The standard InChI is InChI=1S/C30H23FO5/c1-18(2)29(32)34-23-10-5-20(6-11-23)22-9-14-25(26(31)17-22)28-16-15-27(36-28)21-7-12-24(13-8-21)35-30(33)19(3)4/h5-17H,1,3H2,2,4H3. The summed E-state index contributed by atoms with van der Waals surface area (Å²) in [6, 6.07) is 21.9.